The number of hydrazone groups is 1. The Morgan fingerprint density at radius 1 is 1.09 bits per heavy atom. The minimum Gasteiger partial charge on any atom is -0.405 e. The summed E-state index contributed by atoms with van der Waals surface area (Å²) in [6.07, 6.45) is 1.65. The van der Waals surface area contributed by atoms with Crippen LogP contribution in [0.4, 0.5) is 5.69 Å². The number of carbonyl (C=O) groups is 1. The molecule has 8 nitrogen and oxygen atoms in total. The predicted molar refractivity (Wildman–Crippen MR) is 123 cm³/mol. The number of aromatic nitrogens is 1. The molecular weight excluding hydrogens is 408 g/mol. The zero-order chi connectivity index (χ0) is 22.1. The number of benzene rings is 2. The van der Waals surface area contributed by atoms with Gasteiger partial charge in [-0.3, -0.25) is 9.20 Å². The van der Waals surface area contributed by atoms with Gasteiger partial charge in [0.05, 0.1) is 30.3 Å². The number of para-hydroxylation sites is 1. The van der Waals surface area contributed by atoms with E-state index < -0.39 is 5.63 Å². The van der Waals surface area contributed by atoms with Crippen LogP contribution in [0.1, 0.15) is 21.6 Å². The molecule has 0 spiro atoms. The first-order valence-electron chi connectivity index (χ1n) is 10.4. The highest BCUT2D eigenvalue weighted by Crippen LogP contribution is 2.20. The number of nitrogens with zero attached hydrogens (tertiary/aromatic N) is 3. The van der Waals surface area contributed by atoms with Crippen LogP contribution in [0.5, 0.6) is 0 Å². The van der Waals surface area contributed by atoms with E-state index in [0.29, 0.717) is 35.4 Å². The van der Waals surface area contributed by atoms with Crippen LogP contribution in [0.3, 0.4) is 0 Å². The van der Waals surface area contributed by atoms with Crippen LogP contribution in [0.15, 0.2) is 68.9 Å². The number of amides is 1. The summed E-state index contributed by atoms with van der Waals surface area (Å²) < 4.78 is 12.6. The van der Waals surface area contributed by atoms with Crippen LogP contribution in [-0.4, -0.2) is 42.8 Å². The summed E-state index contributed by atoms with van der Waals surface area (Å²) in [7, 11) is 0. The van der Waals surface area contributed by atoms with Gasteiger partial charge in [0.2, 0.25) is 5.71 Å². The van der Waals surface area contributed by atoms with E-state index in [1.165, 1.54) is 0 Å². The molecule has 1 aliphatic rings. The largest absolute Gasteiger partial charge is 0.405 e. The minimum absolute atomic E-state index is 0.363. The summed E-state index contributed by atoms with van der Waals surface area (Å²) >= 11 is 0. The quantitative estimate of drug-likeness (QED) is 0.397. The van der Waals surface area contributed by atoms with Crippen molar-refractivity contribution in [3.05, 3.63) is 81.8 Å². The van der Waals surface area contributed by atoms with E-state index in [9.17, 15) is 9.59 Å². The van der Waals surface area contributed by atoms with Crippen molar-refractivity contribution < 1.29 is 13.9 Å². The molecule has 0 saturated carbocycles. The zero-order valence-electron chi connectivity index (χ0n) is 17.6. The lowest BCUT2D eigenvalue weighted by atomic mass is 10.1. The van der Waals surface area contributed by atoms with Crippen LogP contribution < -0.4 is 16.0 Å². The first-order chi connectivity index (χ1) is 15.6. The molecule has 0 radical (unpaired) electrons. The molecule has 3 heterocycles. The monoisotopic (exact) mass is 430 g/mol. The Balaban J connectivity index is 1.40. The van der Waals surface area contributed by atoms with Gasteiger partial charge < -0.3 is 14.1 Å². The number of hydrogen-bond donors (Lipinski definition) is 1. The fraction of sp³-hybridized carbons (Fsp3) is 0.208. The molecule has 0 aliphatic carbocycles. The van der Waals surface area contributed by atoms with Gasteiger partial charge in [0, 0.05) is 41.7 Å². The molecule has 162 valence electrons. The van der Waals surface area contributed by atoms with Gasteiger partial charge in [0.25, 0.3) is 5.91 Å². The summed E-state index contributed by atoms with van der Waals surface area (Å²) in [5.74, 6) is -0.363. The van der Waals surface area contributed by atoms with E-state index >= 15 is 0 Å². The van der Waals surface area contributed by atoms with Gasteiger partial charge in [0.1, 0.15) is 0 Å². The average Bonchev–Trinajstić information content (AvgIpc) is 3.20. The normalized spacial score (nSPS) is 14.5. The first-order valence-corrected chi connectivity index (χ1v) is 10.4. The SMILES string of the molecule is Cc1ccc2oc(=O)c3ccc(C(=O)N/N=C/c4ccccc4N4CCOCC4)cc3n12. The van der Waals surface area contributed by atoms with Gasteiger partial charge in [-0.1, -0.05) is 18.2 Å². The van der Waals surface area contributed by atoms with Crippen molar-refractivity contribution in [1.82, 2.24) is 9.83 Å². The van der Waals surface area contributed by atoms with E-state index in [1.807, 2.05) is 41.7 Å². The standard InChI is InChI=1S/C24H22N4O4/c1-16-6-9-22-28(16)21-14-17(7-8-19(21)24(30)32-22)23(29)26-25-15-18-4-2-3-5-20(18)27-10-12-31-13-11-27/h2-9,14-15H,10-13H2,1H3,(H,26,29)/b25-15+. The smallest absolute Gasteiger partial charge is 0.346 e. The van der Waals surface area contributed by atoms with Crippen molar-refractivity contribution in [3.8, 4) is 0 Å². The van der Waals surface area contributed by atoms with Gasteiger partial charge in [-0.2, -0.15) is 5.10 Å². The molecule has 0 atom stereocenters. The number of hydrogen-bond acceptors (Lipinski definition) is 6. The van der Waals surface area contributed by atoms with E-state index in [2.05, 4.69) is 15.4 Å². The van der Waals surface area contributed by atoms with Crippen molar-refractivity contribution in [3.63, 3.8) is 0 Å². The Kier molecular flexibility index (Phi) is 5.20. The van der Waals surface area contributed by atoms with Crippen LogP contribution in [0, 0.1) is 6.92 Å². The Labute approximate surface area is 183 Å². The Hall–Kier alpha value is -3.91. The molecule has 2 aromatic carbocycles. The van der Waals surface area contributed by atoms with Crippen molar-refractivity contribution >= 4 is 34.4 Å². The van der Waals surface area contributed by atoms with Crippen molar-refractivity contribution in [2.75, 3.05) is 31.2 Å². The van der Waals surface area contributed by atoms with Gasteiger partial charge in [-0.15, -0.1) is 0 Å². The van der Waals surface area contributed by atoms with E-state index in [0.717, 1.165) is 30.0 Å². The van der Waals surface area contributed by atoms with Crippen LogP contribution >= 0.6 is 0 Å². The minimum atomic E-state index is -0.435. The molecule has 1 amide bonds. The first kappa shape index (κ1) is 20.0. The maximum Gasteiger partial charge on any atom is 0.346 e. The highest BCUT2D eigenvalue weighted by molar-refractivity contribution is 5.98. The molecule has 4 aromatic rings. The van der Waals surface area contributed by atoms with E-state index in [1.54, 1.807) is 30.5 Å². The number of anilines is 1. The summed E-state index contributed by atoms with van der Waals surface area (Å²) in [5, 5.41) is 4.58. The van der Waals surface area contributed by atoms with Crippen molar-refractivity contribution in [1.29, 1.82) is 0 Å². The Morgan fingerprint density at radius 3 is 2.75 bits per heavy atom. The summed E-state index contributed by atoms with van der Waals surface area (Å²) in [6, 6.07) is 16.4. The van der Waals surface area contributed by atoms with E-state index in [4.69, 9.17) is 9.15 Å². The third-order valence-electron chi connectivity index (χ3n) is 5.62. The molecule has 5 rings (SSSR count). The maximum absolute atomic E-state index is 12.7. The molecular formula is C24H22N4O4. The molecule has 1 aliphatic heterocycles. The number of fused-ring (bicyclic) bond motifs is 3. The zero-order valence-corrected chi connectivity index (χ0v) is 17.6. The molecule has 1 fully saturated rings. The third kappa shape index (κ3) is 3.65. The highest BCUT2D eigenvalue weighted by Gasteiger charge is 2.14. The number of carbonyl (C=O) groups excluding carboxylic acids is 1. The lowest BCUT2D eigenvalue weighted by Crippen LogP contribution is -2.36. The average molecular weight is 430 g/mol. The second-order valence-corrected chi connectivity index (χ2v) is 7.63. The van der Waals surface area contributed by atoms with Crippen LogP contribution in [0.2, 0.25) is 0 Å². The van der Waals surface area contributed by atoms with Gasteiger partial charge in [-0.05, 0) is 37.3 Å². The number of rotatable bonds is 4. The molecule has 32 heavy (non-hydrogen) atoms. The van der Waals surface area contributed by atoms with Crippen molar-refractivity contribution in [2.24, 2.45) is 5.10 Å². The summed E-state index contributed by atoms with van der Waals surface area (Å²) in [6.45, 7) is 4.92. The number of morpholine rings is 1. The fourth-order valence-corrected chi connectivity index (χ4v) is 4.00. The third-order valence-corrected chi connectivity index (χ3v) is 5.62. The second-order valence-electron chi connectivity index (χ2n) is 7.63. The van der Waals surface area contributed by atoms with Crippen LogP contribution in [-0.2, 0) is 4.74 Å². The summed E-state index contributed by atoms with van der Waals surface area (Å²) in [4.78, 5) is 27.2. The lowest BCUT2D eigenvalue weighted by Gasteiger charge is -2.29. The summed E-state index contributed by atoms with van der Waals surface area (Å²) in [5.41, 5.74) is 6.48. The van der Waals surface area contributed by atoms with Crippen LogP contribution in [0.25, 0.3) is 16.6 Å². The molecule has 8 heteroatoms. The van der Waals surface area contributed by atoms with Gasteiger partial charge in [-0.25, -0.2) is 10.2 Å². The molecule has 2 aromatic heterocycles. The Bertz CT molecular complexity index is 1400. The highest BCUT2D eigenvalue weighted by atomic mass is 16.5. The van der Waals surface area contributed by atoms with E-state index in [-0.39, 0.29) is 5.91 Å². The number of ether oxygens (including phenoxy) is 1. The van der Waals surface area contributed by atoms with Gasteiger partial charge in [0.15, 0.2) is 0 Å². The number of aryl methyl sites for hydroxylation is 1. The topological polar surface area (TPSA) is 88.5 Å². The maximum atomic E-state index is 12.7. The molecule has 0 bridgehead atoms. The second kappa shape index (κ2) is 8.32. The molecule has 1 N–H and O–H groups in total. The fourth-order valence-electron chi connectivity index (χ4n) is 4.00. The predicted octanol–water partition coefficient (Wildman–Crippen LogP) is 2.95. The lowest BCUT2D eigenvalue weighted by molar-refractivity contribution is 0.0955. The molecule has 0 unspecified atom stereocenters. The van der Waals surface area contributed by atoms with Crippen molar-refractivity contribution in [2.45, 2.75) is 6.92 Å². The van der Waals surface area contributed by atoms with Gasteiger partial charge >= 0.3 is 5.63 Å². The molecule has 1 saturated heterocycles. The Morgan fingerprint density at radius 2 is 1.91 bits per heavy atom. The number of nitrogens with one attached hydrogen (secondary N) is 1.